The zero-order valence-electron chi connectivity index (χ0n) is 19.1. The molecule has 10 heteroatoms. The number of nitrogens with one attached hydrogen (secondary N) is 1. The maximum atomic E-state index is 14.9. The minimum absolute atomic E-state index is 0.00423. The van der Waals surface area contributed by atoms with E-state index in [1.807, 2.05) is 0 Å². The van der Waals surface area contributed by atoms with E-state index >= 15 is 0 Å². The Morgan fingerprint density at radius 2 is 1.67 bits per heavy atom. The van der Waals surface area contributed by atoms with Gasteiger partial charge in [0, 0.05) is 35.4 Å². The summed E-state index contributed by atoms with van der Waals surface area (Å²) in [5, 5.41) is 10.3. The van der Waals surface area contributed by atoms with Gasteiger partial charge in [0.15, 0.2) is 11.5 Å². The highest BCUT2D eigenvalue weighted by Crippen LogP contribution is 2.28. The lowest BCUT2D eigenvalue weighted by Crippen LogP contribution is -2.29. The quantitative estimate of drug-likeness (QED) is 0.321. The van der Waals surface area contributed by atoms with Gasteiger partial charge in [-0.3, -0.25) is 4.79 Å². The van der Waals surface area contributed by atoms with E-state index in [1.165, 1.54) is 33.4 Å². The second-order valence-corrected chi connectivity index (χ2v) is 6.52. The number of benzene rings is 2. The van der Waals surface area contributed by atoms with Crippen molar-refractivity contribution < 1.29 is 28.4 Å². The first-order valence-corrected chi connectivity index (χ1v) is 9.98. The molecule has 0 aliphatic rings. The first-order valence-electron chi connectivity index (χ1n) is 9.98. The van der Waals surface area contributed by atoms with E-state index in [4.69, 9.17) is 25.1 Å². The number of hydrogen-bond acceptors (Lipinski definition) is 8. The number of allylic oxidation sites excluding steroid dienone is 1. The molecule has 0 saturated carbocycles. The molecule has 0 fully saturated rings. The van der Waals surface area contributed by atoms with E-state index in [1.54, 1.807) is 44.2 Å². The van der Waals surface area contributed by atoms with Crippen molar-refractivity contribution >= 4 is 23.1 Å². The number of carbonyl (C=O) groups excluding carboxylic acids is 1. The van der Waals surface area contributed by atoms with Crippen LogP contribution in [0.4, 0.5) is 4.39 Å². The average molecular weight is 458 g/mol. The van der Waals surface area contributed by atoms with E-state index in [2.05, 4.69) is 15.6 Å². The third kappa shape index (κ3) is 5.86. The van der Waals surface area contributed by atoms with E-state index in [0.717, 1.165) is 0 Å². The molecule has 9 nitrogen and oxygen atoms in total. The second-order valence-electron chi connectivity index (χ2n) is 6.52. The van der Waals surface area contributed by atoms with Gasteiger partial charge in [0.2, 0.25) is 0 Å². The predicted octanol–water partition coefficient (Wildman–Crippen LogP) is 2.99. The van der Waals surface area contributed by atoms with E-state index in [9.17, 15) is 9.18 Å². The lowest BCUT2D eigenvalue weighted by atomic mass is 9.95. The molecule has 0 aromatic heterocycles. The van der Waals surface area contributed by atoms with Gasteiger partial charge >= 0.3 is 0 Å². The Labute approximate surface area is 191 Å². The van der Waals surface area contributed by atoms with Crippen LogP contribution in [-0.4, -0.2) is 45.2 Å². The van der Waals surface area contributed by atoms with Gasteiger partial charge in [0.25, 0.3) is 5.91 Å². The summed E-state index contributed by atoms with van der Waals surface area (Å²) in [7, 11) is 4.13. The summed E-state index contributed by atoms with van der Waals surface area (Å²) < 4.78 is 20.3. The molecule has 3 N–H and O–H groups in total. The summed E-state index contributed by atoms with van der Waals surface area (Å²) in [4.78, 5) is 27.4. The van der Waals surface area contributed by atoms with Crippen LogP contribution < -0.4 is 16.0 Å². The molecule has 2 aromatic rings. The van der Waals surface area contributed by atoms with Crippen LogP contribution in [0.15, 0.2) is 58.3 Å². The minimum Gasteiger partial charge on any atom is -0.494 e. The highest BCUT2D eigenvalue weighted by Gasteiger charge is 2.24. The van der Waals surface area contributed by atoms with Crippen molar-refractivity contribution in [2.24, 2.45) is 16.2 Å². The summed E-state index contributed by atoms with van der Waals surface area (Å²) >= 11 is 0. The number of oxime groups is 2. The SMILES string of the molecule is CCOc1ccc(C(=N/OC)/C(C)=C(\ON)c2ccccc2/C(=N\OC)C(=O)NC)c(F)c1. The summed E-state index contributed by atoms with van der Waals surface area (Å²) in [6, 6.07) is 11.2. The van der Waals surface area contributed by atoms with Gasteiger partial charge in [-0.25, -0.2) is 4.39 Å². The zero-order valence-corrected chi connectivity index (χ0v) is 19.1. The summed E-state index contributed by atoms with van der Waals surface area (Å²) in [6.07, 6.45) is 0. The van der Waals surface area contributed by atoms with Crippen molar-refractivity contribution in [3.8, 4) is 5.75 Å². The molecule has 0 aliphatic carbocycles. The molecule has 0 unspecified atom stereocenters. The Balaban J connectivity index is 2.73. The van der Waals surface area contributed by atoms with Crippen LogP contribution in [0.25, 0.3) is 5.76 Å². The topological polar surface area (TPSA) is 117 Å². The molecule has 0 radical (unpaired) electrons. The molecule has 0 saturated heterocycles. The monoisotopic (exact) mass is 458 g/mol. The number of nitrogens with zero attached hydrogens (tertiary/aromatic N) is 2. The lowest BCUT2D eigenvalue weighted by molar-refractivity contribution is -0.114. The highest BCUT2D eigenvalue weighted by atomic mass is 19.1. The van der Waals surface area contributed by atoms with Crippen molar-refractivity contribution in [1.29, 1.82) is 0 Å². The van der Waals surface area contributed by atoms with Crippen molar-refractivity contribution in [2.45, 2.75) is 13.8 Å². The van der Waals surface area contributed by atoms with Gasteiger partial charge in [-0.05, 0) is 26.0 Å². The average Bonchev–Trinajstić information content (AvgIpc) is 2.82. The molecule has 1 amide bonds. The Bertz CT molecular complexity index is 1080. The molecular formula is C23H27FN4O5. The number of carbonyl (C=O) groups is 1. The Hall–Kier alpha value is -3.92. The first kappa shape index (κ1) is 25.3. The number of amides is 1. The van der Waals surface area contributed by atoms with Crippen molar-refractivity contribution in [1.82, 2.24) is 5.32 Å². The van der Waals surface area contributed by atoms with Gasteiger partial charge in [0.1, 0.15) is 31.5 Å². The largest absolute Gasteiger partial charge is 0.494 e. The fourth-order valence-electron chi connectivity index (χ4n) is 3.13. The summed E-state index contributed by atoms with van der Waals surface area (Å²) in [6.45, 7) is 3.84. The van der Waals surface area contributed by atoms with Crippen LogP contribution in [0.5, 0.6) is 5.75 Å². The second kappa shape index (κ2) is 12.2. The van der Waals surface area contributed by atoms with E-state index < -0.39 is 11.7 Å². The Morgan fingerprint density at radius 3 is 2.21 bits per heavy atom. The third-order valence-corrected chi connectivity index (χ3v) is 4.55. The highest BCUT2D eigenvalue weighted by molar-refractivity contribution is 6.45. The number of likely N-dealkylation sites (N-methyl/N-ethyl adjacent to an activating group) is 1. The van der Waals surface area contributed by atoms with Gasteiger partial charge in [-0.2, -0.15) is 5.90 Å². The van der Waals surface area contributed by atoms with Crippen LogP contribution in [0.3, 0.4) is 0 Å². The number of hydrogen-bond donors (Lipinski definition) is 2. The number of halogens is 1. The molecule has 0 bridgehead atoms. The number of rotatable bonds is 10. The van der Waals surface area contributed by atoms with Gasteiger partial charge in [-0.1, -0.05) is 34.6 Å². The molecule has 0 aliphatic heterocycles. The molecule has 0 atom stereocenters. The van der Waals surface area contributed by atoms with Gasteiger partial charge in [-0.15, -0.1) is 0 Å². The van der Waals surface area contributed by atoms with Crippen LogP contribution in [-0.2, 0) is 19.3 Å². The smallest absolute Gasteiger partial charge is 0.273 e. The molecule has 176 valence electrons. The summed E-state index contributed by atoms with van der Waals surface area (Å²) in [5.41, 5.74) is 1.41. The first-order chi connectivity index (χ1) is 15.9. The van der Waals surface area contributed by atoms with Crippen LogP contribution in [0, 0.1) is 5.82 Å². The van der Waals surface area contributed by atoms with E-state index in [-0.39, 0.29) is 22.7 Å². The van der Waals surface area contributed by atoms with Crippen LogP contribution in [0.2, 0.25) is 0 Å². The molecular weight excluding hydrogens is 431 g/mol. The standard InChI is InChI=1S/C23H27FN4O5/c1-6-32-15-11-12-18(19(24)13-15)20(27-30-4)14(2)22(33-25)17-10-8-7-9-16(17)21(28-31-5)23(29)26-3/h7-13H,6,25H2,1-5H3,(H,26,29)/b22-14-,27-20+,28-21+. The molecule has 0 spiro atoms. The molecule has 2 rings (SSSR count). The van der Waals surface area contributed by atoms with Crippen molar-refractivity contribution in [3.63, 3.8) is 0 Å². The summed E-state index contributed by atoms with van der Waals surface area (Å²) in [5.74, 6) is 5.08. The molecule has 2 aromatic carbocycles. The lowest BCUT2D eigenvalue weighted by Gasteiger charge is -2.16. The molecule has 0 heterocycles. The Kier molecular flexibility index (Phi) is 9.37. The van der Waals surface area contributed by atoms with Crippen LogP contribution >= 0.6 is 0 Å². The predicted molar refractivity (Wildman–Crippen MR) is 123 cm³/mol. The zero-order chi connectivity index (χ0) is 24.4. The van der Waals surface area contributed by atoms with Gasteiger partial charge in [0.05, 0.1) is 6.61 Å². The fraction of sp³-hybridized carbons (Fsp3) is 0.261. The number of ether oxygens (including phenoxy) is 1. The minimum atomic E-state index is -0.576. The van der Waals surface area contributed by atoms with Crippen molar-refractivity contribution in [3.05, 3.63) is 70.5 Å². The Morgan fingerprint density at radius 1 is 1.03 bits per heavy atom. The maximum Gasteiger partial charge on any atom is 0.273 e. The maximum absolute atomic E-state index is 14.9. The van der Waals surface area contributed by atoms with E-state index in [0.29, 0.717) is 29.1 Å². The molecule has 33 heavy (non-hydrogen) atoms. The number of nitrogens with two attached hydrogens (primary N) is 1. The third-order valence-electron chi connectivity index (χ3n) is 4.55. The normalized spacial score (nSPS) is 12.6. The van der Waals surface area contributed by atoms with Crippen LogP contribution in [0.1, 0.15) is 30.5 Å². The fourth-order valence-corrected chi connectivity index (χ4v) is 3.13. The van der Waals surface area contributed by atoms with Crippen molar-refractivity contribution in [2.75, 3.05) is 27.9 Å². The van der Waals surface area contributed by atoms with Gasteiger partial charge < -0.3 is 24.6 Å².